The van der Waals surface area contributed by atoms with Gasteiger partial charge in [0.25, 0.3) is 0 Å². The van der Waals surface area contributed by atoms with Crippen LogP contribution < -0.4 is 10.6 Å². The van der Waals surface area contributed by atoms with Crippen LogP contribution in [0.25, 0.3) is 0 Å². The Labute approximate surface area is 142 Å². The summed E-state index contributed by atoms with van der Waals surface area (Å²) in [5, 5.41) is 5.95. The molecule has 2 aliphatic rings. The van der Waals surface area contributed by atoms with Gasteiger partial charge in [0, 0.05) is 65.4 Å². The lowest BCUT2D eigenvalue weighted by atomic mass is 10.3. The molecule has 0 aromatic rings. The molecule has 2 fully saturated rings. The number of hydrogen-bond acceptors (Lipinski definition) is 6. The Balaban J connectivity index is 1.66. The van der Waals surface area contributed by atoms with Gasteiger partial charge >= 0.3 is 17.9 Å². The summed E-state index contributed by atoms with van der Waals surface area (Å²) < 4.78 is 4.93. The third kappa shape index (κ3) is 5.34. The molecular weight excluding hydrogens is 314 g/mol. The normalized spacial score (nSPS) is 19.0. The van der Waals surface area contributed by atoms with Gasteiger partial charge in [-0.05, 0) is 6.92 Å². The monoisotopic (exact) mass is 341 g/mol. The van der Waals surface area contributed by atoms with Gasteiger partial charge in [0.05, 0.1) is 6.61 Å². The Morgan fingerprint density at radius 2 is 1.62 bits per heavy atom. The zero-order valence-electron chi connectivity index (χ0n) is 14.3. The number of carbonyl (C=O) groups excluding carboxylic acids is 3. The number of ether oxygens (including phenoxy) is 1. The summed E-state index contributed by atoms with van der Waals surface area (Å²) >= 11 is 0. The number of carbonyl (C=O) groups is 3. The lowest BCUT2D eigenvalue weighted by Crippen LogP contribution is -2.54. The first-order valence-corrected chi connectivity index (χ1v) is 8.53. The minimum Gasteiger partial charge on any atom is -0.450 e. The summed E-state index contributed by atoms with van der Waals surface area (Å²) in [7, 11) is 0. The number of hydrogen-bond donors (Lipinski definition) is 2. The van der Waals surface area contributed by atoms with Gasteiger partial charge < -0.3 is 25.2 Å². The Morgan fingerprint density at radius 3 is 2.25 bits per heavy atom. The summed E-state index contributed by atoms with van der Waals surface area (Å²) in [5.41, 5.74) is 0. The fourth-order valence-electron chi connectivity index (χ4n) is 2.79. The van der Waals surface area contributed by atoms with Crippen molar-refractivity contribution < 1.29 is 19.1 Å². The van der Waals surface area contributed by atoms with Gasteiger partial charge in [0.15, 0.2) is 0 Å². The highest BCUT2D eigenvalue weighted by Gasteiger charge is 2.28. The molecule has 136 valence electrons. The summed E-state index contributed by atoms with van der Waals surface area (Å²) in [6.07, 6.45) is -0.370. The van der Waals surface area contributed by atoms with E-state index in [0.29, 0.717) is 39.3 Å². The molecule has 0 spiro atoms. The summed E-state index contributed by atoms with van der Waals surface area (Å²) in [4.78, 5) is 41.0. The van der Waals surface area contributed by atoms with Crippen molar-refractivity contribution in [2.24, 2.45) is 0 Å². The van der Waals surface area contributed by atoms with Gasteiger partial charge in [-0.1, -0.05) is 0 Å². The van der Waals surface area contributed by atoms with E-state index in [1.165, 1.54) is 4.90 Å². The van der Waals surface area contributed by atoms with Crippen LogP contribution >= 0.6 is 0 Å². The van der Waals surface area contributed by atoms with Gasteiger partial charge in [-0.3, -0.25) is 14.5 Å². The van der Waals surface area contributed by atoms with Gasteiger partial charge in [-0.2, -0.15) is 0 Å². The van der Waals surface area contributed by atoms with Gasteiger partial charge in [0.1, 0.15) is 0 Å². The molecule has 0 saturated carbocycles. The first kappa shape index (κ1) is 18.5. The van der Waals surface area contributed by atoms with E-state index in [0.717, 1.165) is 32.7 Å². The molecule has 2 aliphatic heterocycles. The van der Waals surface area contributed by atoms with E-state index < -0.39 is 11.8 Å². The molecule has 0 atom stereocenters. The van der Waals surface area contributed by atoms with E-state index in [4.69, 9.17) is 4.74 Å². The second-order valence-corrected chi connectivity index (χ2v) is 5.83. The molecule has 0 aromatic carbocycles. The largest absolute Gasteiger partial charge is 0.450 e. The number of piperazine rings is 2. The van der Waals surface area contributed by atoms with E-state index in [1.54, 1.807) is 11.8 Å². The molecule has 0 radical (unpaired) electrons. The maximum atomic E-state index is 12.1. The molecule has 24 heavy (non-hydrogen) atoms. The van der Waals surface area contributed by atoms with E-state index in [9.17, 15) is 14.4 Å². The van der Waals surface area contributed by atoms with Crippen LogP contribution in [0.4, 0.5) is 4.79 Å². The van der Waals surface area contributed by atoms with Crippen molar-refractivity contribution in [2.75, 3.05) is 72.1 Å². The number of amides is 3. The SMILES string of the molecule is CCOC(=O)N1CCN(C(=O)C(=O)NCCN2CCNCC2)CC1. The highest BCUT2D eigenvalue weighted by molar-refractivity contribution is 6.35. The Kier molecular flexibility index (Phi) is 7.26. The molecule has 2 saturated heterocycles. The van der Waals surface area contributed by atoms with Crippen LogP contribution in [0, 0.1) is 0 Å². The predicted octanol–water partition coefficient (Wildman–Crippen LogP) is -1.69. The van der Waals surface area contributed by atoms with E-state index in [-0.39, 0.29) is 6.09 Å². The van der Waals surface area contributed by atoms with Crippen molar-refractivity contribution in [1.82, 2.24) is 25.3 Å². The van der Waals surface area contributed by atoms with E-state index in [2.05, 4.69) is 15.5 Å². The minimum absolute atomic E-state index is 0.327. The average molecular weight is 341 g/mol. The van der Waals surface area contributed by atoms with Crippen LogP contribution in [-0.2, 0) is 14.3 Å². The molecule has 0 aliphatic carbocycles. The Hall–Kier alpha value is -1.87. The Morgan fingerprint density at radius 1 is 1.00 bits per heavy atom. The van der Waals surface area contributed by atoms with Crippen molar-refractivity contribution in [3.05, 3.63) is 0 Å². The van der Waals surface area contributed by atoms with Crippen molar-refractivity contribution in [3.63, 3.8) is 0 Å². The molecule has 0 bridgehead atoms. The third-order valence-corrected chi connectivity index (χ3v) is 4.21. The van der Waals surface area contributed by atoms with Crippen LogP contribution in [0.15, 0.2) is 0 Å². The first-order chi connectivity index (χ1) is 11.6. The van der Waals surface area contributed by atoms with Crippen molar-refractivity contribution >= 4 is 17.9 Å². The van der Waals surface area contributed by atoms with Crippen molar-refractivity contribution in [2.45, 2.75) is 6.92 Å². The van der Waals surface area contributed by atoms with Gasteiger partial charge in [-0.15, -0.1) is 0 Å². The summed E-state index contributed by atoms with van der Waals surface area (Å²) in [6.45, 7) is 8.60. The van der Waals surface area contributed by atoms with E-state index >= 15 is 0 Å². The zero-order chi connectivity index (χ0) is 17.4. The lowest BCUT2D eigenvalue weighted by molar-refractivity contribution is -0.146. The highest BCUT2D eigenvalue weighted by atomic mass is 16.6. The van der Waals surface area contributed by atoms with Crippen molar-refractivity contribution in [1.29, 1.82) is 0 Å². The smallest absolute Gasteiger partial charge is 0.409 e. The molecule has 2 rings (SSSR count). The quantitative estimate of drug-likeness (QED) is 0.593. The number of rotatable bonds is 4. The number of nitrogens with one attached hydrogen (secondary N) is 2. The fraction of sp³-hybridized carbons (Fsp3) is 0.800. The minimum atomic E-state index is -0.574. The van der Waals surface area contributed by atoms with Crippen LogP contribution in [0.3, 0.4) is 0 Å². The van der Waals surface area contributed by atoms with Crippen LogP contribution in [0.1, 0.15) is 6.92 Å². The van der Waals surface area contributed by atoms with Crippen LogP contribution in [0.2, 0.25) is 0 Å². The Bertz CT molecular complexity index is 445. The third-order valence-electron chi connectivity index (χ3n) is 4.21. The standard InChI is InChI=1S/C15H27N5O4/c1-2-24-15(23)20-11-9-19(10-12-20)14(22)13(21)17-5-8-18-6-3-16-4-7-18/h16H,2-12H2,1H3,(H,17,21). The second-order valence-electron chi connectivity index (χ2n) is 5.83. The summed E-state index contributed by atoms with van der Waals surface area (Å²) in [6, 6.07) is 0. The molecule has 0 aromatic heterocycles. The topological polar surface area (TPSA) is 94.2 Å². The average Bonchev–Trinajstić information content (AvgIpc) is 2.62. The molecule has 0 unspecified atom stereocenters. The van der Waals surface area contributed by atoms with Gasteiger partial charge in [0.2, 0.25) is 0 Å². The molecule has 3 amide bonds. The second kappa shape index (κ2) is 9.43. The predicted molar refractivity (Wildman–Crippen MR) is 87.5 cm³/mol. The molecule has 9 nitrogen and oxygen atoms in total. The molecule has 9 heteroatoms. The number of nitrogens with zero attached hydrogens (tertiary/aromatic N) is 3. The maximum absolute atomic E-state index is 12.1. The fourth-order valence-corrected chi connectivity index (χ4v) is 2.79. The molecule has 2 N–H and O–H groups in total. The molecular formula is C15H27N5O4. The summed E-state index contributed by atoms with van der Waals surface area (Å²) in [5.74, 6) is -1.10. The molecule has 2 heterocycles. The zero-order valence-corrected chi connectivity index (χ0v) is 14.3. The maximum Gasteiger partial charge on any atom is 0.409 e. The lowest BCUT2D eigenvalue weighted by Gasteiger charge is -2.33. The van der Waals surface area contributed by atoms with E-state index in [1.807, 2.05) is 0 Å². The van der Waals surface area contributed by atoms with Gasteiger partial charge in [-0.25, -0.2) is 4.79 Å². The van der Waals surface area contributed by atoms with Crippen LogP contribution in [-0.4, -0.2) is 105 Å². The van der Waals surface area contributed by atoms with Crippen molar-refractivity contribution in [3.8, 4) is 0 Å². The highest BCUT2D eigenvalue weighted by Crippen LogP contribution is 2.04. The first-order valence-electron chi connectivity index (χ1n) is 8.53. The van der Waals surface area contributed by atoms with Crippen LogP contribution in [0.5, 0.6) is 0 Å².